The van der Waals surface area contributed by atoms with E-state index in [0.29, 0.717) is 22.7 Å². The lowest BCUT2D eigenvalue weighted by Crippen LogP contribution is -2.36. The van der Waals surface area contributed by atoms with Crippen LogP contribution in [0.3, 0.4) is 0 Å². The van der Waals surface area contributed by atoms with Gasteiger partial charge in [0.2, 0.25) is 0 Å². The highest BCUT2D eigenvalue weighted by Gasteiger charge is 2.54. The van der Waals surface area contributed by atoms with E-state index < -0.39 is 45.6 Å². The first-order chi connectivity index (χ1) is 29.0. The van der Waals surface area contributed by atoms with Crippen molar-refractivity contribution < 1.29 is 43.6 Å². The molecule has 0 atom stereocenters. The topological polar surface area (TPSA) is 6.48 Å². The van der Waals surface area contributed by atoms with Gasteiger partial charge in [0.05, 0.1) is 0 Å². The Hall–Kier alpha value is -6.07. The second kappa shape index (κ2) is 19.1. The van der Waals surface area contributed by atoms with Crippen molar-refractivity contribution in [3.63, 3.8) is 0 Å². The molecule has 14 heteroatoms. The van der Waals surface area contributed by atoms with E-state index in [0.717, 1.165) is 27.0 Å². The highest BCUT2D eigenvalue weighted by atomic mass is 31.2. The maximum atomic E-state index is 14.0. The molecular weight excluding hydrogens is 824 g/mol. The first kappa shape index (κ1) is 44.5. The number of hydrogen-bond acceptors (Lipinski definition) is 2. The Morgan fingerprint density at radius 1 is 0.361 bits per heavy atom. The van der Waals surface area contributed by atoms with Crippen LogP contribution >= 0.6 is 7.26 Å². The van der Waals surface area contributed by atoms with E-state index in [4.69, 9.17) is 0 Å². The van der Waals surface area contributed by atoms with Gasteiger partial charge in [-0.15, -0.1) is 0 Å². The third kappa shape index (κ3) is 11.6. The summed E-state index contributed by atoms with van der Waals surface area (Å²) in [6.07, 6.45) is -8.93. The van der Waals surface area contributed by atoms with Crippen molar-refractivity contribution in [3.05, 3.63) is 211 Å². The summed E-state index contributed by atoms with van der Waals surface area (Å²) < 4.78 is 123. The predicted octanol–water partition coefficient (Wildman–Crippen LogP) is 13.5. The molecule has 0 bridgehead atoms. The largest absolute Gasteiger partial charge is 0.673 e. The van der Waals surface area contributed by atoms with Gasteiger partial charge in [0.15, 0.2) is 0 Å². The molecule has 0 unspecified atom stereocenters. The molecule has 0 aliphatic carbocycles. The molecule has 0 amide bonds. The van der Waals surface area contributed by atoms with Gasteiger partial charge in [-0.3, -0.25) is 0 Å². The third-order valence-corrected chi connectivity index (χ3v) is 14.4. The van der Waals surface area contributed by atoms with Crippen LogP contribution in [0.1, 0.15) is 16.8 Å². The summed E-state index contributed by atoms with van der Waals surface area (Å²) in [5, 5.41) is 3.21. The molecule has 2 nitrogen and oxygen atoms in total. The van der Waals surface area contributed by atoms with Crippen molar-refractivity contribution >= 4 is 53.2 Å². The Morgan fingerprint density at radius 3 is 0.836 bits per heavy atom. The number of nitrogens with zero attached hydrogens (tertiary/aromatic N) is 2. The number of para-hydroxylation sites is 2. The Morgan fingerprint density at radius 2 is 0.590 bits per heavy atom. The van der Waals surface area contributed by atoms with Crippen LogP contribution in [0.25, 0.3) is 0 Å². The Kier molecular flexibility index (Phi) is 13.9. The quantitative estimate of drug-likeness (QED) is 0.0686. The average Bonchev–Trinajstić information content (AvgIpc) is 3.24. The maximum absolute atomic E-state index is 14.0. The smallest absolute Gasteiger partial charge is 0.418 e. The molecule has 0 saturated heterocycles. The highest BCUT2D eigenvalue weighted by Crippen LogP contribution is 2.69. The van der Waals surface area contributed by atoms with Crippen LogP contribution in [0.4, 0.5) is 66.4 Å². The lowest BCUT2D eigenvalue weighted by Gasteiger charge is -2.36. The fourth-order valence-electron chi connectivity index (χ4n) is 7.43. The van der Waals surface area contributed by atoms with Gasteiger partial charge in [-0.05, 0) is 96.1 Å². The summed E-state index contributed by atoms with van der Waals surface area (Å²) >= 11 is 0. The minimum atomic E-state index is -6.00. The summed E-state index contributed by atoms with van der Waals surface area (Å²) in [4.78, 5) is 2.50. The van der Waals surface area contributed by atoms with E-state index in [1.54, 1.807) is 84.9 Å². The van der Waals surface area contributed by atoms with E-state index in [1.165, 1.54) is 9.80 Å². The van der Waals surface area contributed by atoms with Gasteiger partial charge in [0.25, 0.3) is 0 Å². The van der Waals surface area contributed by atoms with Gasteiger partial charge in [0, 0.05) is 22.7 Å². The Balaban J connectivity index is 0.00000118. The predicted molar refractivity (Wildman–Crippen MR) is 229 cm³/mol. The van der Waals surface area contributed by atoms with Crippen LogP contribution < -0.4 is 25.7 Å². The number of benzene rings is 7. The molecule has 0 fully saturated rings. The van der Waals surface area contributed by atoms with Gasteiger partial charge in [-0.1, -0.05) is 115 Å². The second-order valence-electron chi connectivity index (χ2n) is 13.9. The summed E-state index contributed by atoms with van der Waals surface area (Å²) in [6, 6.07) is 62.0. The summed E-state index contributed by atoms with van der Waals surface area (Å²) in [5.41, 5.74) is 2.86. The number of anilines is 4. The number of halogens is 10. The van der Waals surface area contributed by atoms with Gasteiger partial charge < -0.3 is 27.1 Å². The van der Waals surface area contributed by atoms with E-state index >= 15 is 0 Å². The molecule has 61 heavy (non-hydrogen) atoms. The monoisotopic (exact) mass is 862 g/mol. The SMILES string of the molecule is FC(F)(F)CN(c1ccccc1)c1ccc(C(c2ccc(N(CC(F)(F)F)c3ccccc3)cc2)[P+](c2ccccc2)(c2ccccc2)c2ccccc2)cc1.F[B-](F)(F)F. The summed E-state index contributed by atoms with van der Waals surface area (Å²) in [6.45, 7) is -2.35. The first-order valence-corrected chi connectivity index (χ1v) is 20.8. The van der Waals surface area contributed by atoms with E-state index in [2.05, 4.69) is 36.4 Å². The molecule has 0 aliphatic rings. The molecule has 0 spiro atoms. The van der Waals surface area contributed by atoms with Crippen LogP contribution in [0.5, 0.6) is 0 Å². The summed E-state index contributed by atoms with van der Waals surface area (Å²) in [5.74, 6) is 0. The molecule has 0 aliphatic heterocycles. The normalized spacial score (nSPS) is 12.0. The molecule has 0 saturated carbocycles. The van der Waals surface area contributed by atoms with Crippen molar-refractivity contribution in [2.24, 2.45) is 0 Å². The Bertz CT molecular complexity index is 2180. The molecule has 0 radical (unpaired) electrons. The fourth-order valence-corrected chi connectivity index (χ4v) is 12.4. The number of hydrogen-bond donors (Lipinski definition) is 0. The van der Waals surface area contributed by atoms with Gasteiger partial charge in [0.1, 0.15) is 41.9 Å². The standard InChI is InChI=1S/C47H38F6N2P.BF4/c48-46(49,50)34-54(38-16-6-1-7-17-38)40-30-26-36(27-31-40)45(37-28-32-41(33-29-37)55(35-47(51,52)53)39-18-8-2-9-19-39)56(42-20-10-3-11-21-42,43-22-12-4-13-23-43)44-24-14-5-15-25-44;2-1(3,4)5/h1-33,45H,34-35H2;/q+1;-1. The number of alkyl halides is 6. The molecule has 0 N–H and O–H groups in total. The molecule has 0 aromatic heterocycles. The molecule has 314 valence electrons. The minimum absolute atomic E-state index is 0.375. The van der Waals surface area contributed by atoms with Gasteiger partial charge in [-0.2, -0.15) is 26.3 Å². The van der Waals surface area contributed by atoms with E-state index in [9.17, 15) is 43.6 Å². The molecule has 7 rings (SSSR count). The lowest BCUT2D eigenvalue weighted by molar-refractivity contribution is -0.119. The minimum Gasteiger partial charge on any atom is -0.418 e. The lowest BCUT2D eigenvalue weighted by atomic mass is 10.0. The third-order valence-electron chi connectivity index (χ3n) is 9.73. The molecule has 0 heterocycles. The average molecular weight is 863 g/mol. The van der Waals surface area contributed by atoms with Crippen molar-refractivity contribution in [2.45, 2.75) is 18.0 Å². The Labute approximate surface area is 348 Å². The molecule has 7 aromatic rings. The van der Waals surface area contributed by atoms with Crippen LogP contribution in [-0.2, 0) is 0 Å². The fraction of sp³-hybridized carbons (Fsp3) is 0.106. The molecule has 7 aromatic carbocycles. The second-order valence-corrected chi connectivity index (χ2v) is 17.4. The zero-order chi connectivity index (χ0) is 43.7. The first-order valence-electron chi connectivity index (χ1n) is 18.9. The zero-order valence-corrected chi connectivity index (χ0v) is 33.1. The van der Waals surface area contributed by atoms with E-state index in [1.807, 2.05) is 78.9 Å². The zero-order valence-electron chi connectivity index (χ0n) is 32.2. The van der Waals surface area contributed by atoms with Gasteiger partial charge in [-0.25, -0.2) is 0 Å². The van der Waals surface area contributed by atoms with Gasteiger partial charge >= 0.3 is 19.6 Å². The maximum Gasteiger partial charge on any atom is 0.673 e. The van der Waals surface area contributed by atoms with Crippen molar-refractivity contribution in [3.8, 4) is 0 Å². The number of rotatable bonds is 12. The molecular formula is C47H38BF10N2P. The van der Waals surface area contributed by atoms with Crippen molar-refractivity contribution in [2.75, 3.05) is 22.9 Å². The van der Waals surface area contributed by atoms with Crippen LogP contribution in [0.2, 0.25) is 0 Å². The summed E-state index contributed by atoms with van der Waals surface area (Å²) in [7, 11) is -8.76. The van der Waals surface area contributed by atoms with Crippen LogP contribution in [0.15, 0.2) is 200 Å². The van der Waals surface area contributed by atoms with Crippen molar-refractivity contribution in [1.29, 1.82) is 0 Å². The van der Waals surface area contributed by atoms with Crippen LogP contribution in [0, 0.1) is 0 Å². The van der Waals surface area contributed by atoms with Crippen LogP contribution in [-0.4, -0.2) is 32.7 Å². The van der Waals surface area contributed by atoms with Crippen molar-refractivity contribution in [1.82, 2.24) is 0 Å². The highest BCUT2D eigenvalue weighted by molar-refractivity contribution is 7.96. The van der Waals surface area contributed by atoms with E-state index in [-0.39, 0.29) is 0 Å².